The van der Waals surface area contributed by atoms with Crippen molar-refractivity contribution in [2.75, 3.05) is 66.1 Å². The number of hydrogen-bond acceptors (Lipinski definition) is 7. The molecule has 0 saturated carbocycles. The maximum absolute atomic E-state index is 10.6. The van der Waals surface area contributed by atoms with Crippen LogP contribution in [0.3, 0.4) is 0 Å². The highest BCUT2D eigenvalue weighted by molar-refractivity contribution is 5.65. The summed E-state index contributed by atoms with van der Waals surface area (Å²) in [5.41, 5.74) is 0. The Morgan fingerprint density at radius 1 is 0.528 bits per heavy atom. The van der Waals surface area contributed by atoms with Crippen molar-refractivity contribution >= 4 is 5.97 Å². The van der Waals surface area contributed by atoms with Crippen LogP contribution in [-0.4, -0.2) is 78.1 Å². The standard InChI is InChI=1S/C29H58O7/c1-27(2)16-14-12-10-8-6-5-7-9-11-13-15-17-35-28(3)26-34-23-22-32-19-18-31-20-21-33-24-25-36-29(4)30/h27-28H,5-26H2,1-4H3. The molecule has 0 saturated heterocycles. The van der Waals surface area contributed by atoms with Crippen LogP contribution < -0.4 is 0 Å². The Balaban J connectivity index is 3.16. The number of hydrogen-bond donors (Lipinski definition) is 0. The van der Waals surface area contributed by atoms with Gasteiger partial charge in [-0.15, -0.1) is 0 Å². The summed E-state index contributed by atoms with van der Waals surface area (Å²) in [4.78, 5) is 10.6. The lowest BCUT2D eigenvalue weighted by atomic mass is 10.0. The molecule has 0 aliphatic carbocycles. The lowest BCUT2D eigenvalue weighted by Gasteiger charge is -2.13. The fourth-order valence-electron chi connectivity index (χ4n) is 3.73. The van der Waals surface area contributed by atoms with Gasteiger partial charge >= 0.3 is 5.97 Å². The summed E-state index contributed by atoms with van der Waals surface area (Å²) in [5.74, 6) is 0.568. The molecular formula is C29H58O7. The van der Waals surface area contributed by atoms with Gasteiger partial charge in [0.1, 0.15) is 6.61 Å². The van der Waals surface area contributed by atoms with E-state index in [0.717, 1.165) is 18.9 Å². The van der Waals surface area contributed by atoms with Gasteiger partial charge in [0.25, 0.3) is 0 Å². The molecule has 0 N–H and O–H groups in total. The predicted molar refractivity (Wildman–Crippen MR) is 146 cm³/mol. The summed E-state index contributed by atoms with van der Waals surface area (Å²) >= 11 is 0. The minimum Gasteiger partial charge on any atom is -0.463 e. The molecule has 0 aliphatic rings. The summed E-state index contributed by atoms with van der Waals surface area (Å²) in [7, 11) is 0. The second-order valence-corrected chi connectivity index (χ2v) is 10.0. The molecule has 0 aliphatic heterocycles. The smallest absolute Gasteiger partial charge is 0.302 e. The van der Waals surface area contributed by atoms with E-state index in [1.54, 1.807) is 0 Å². The molecule has 36 heavy (non-hydrogen) atoms. The van der Waals surface area contributed by atoms with E-state index in [9.17, 15) is 4.79 Å². The van der Waals surface area contributed by atoms with Gasteiger partial charge in [-0.25, -0.2) is 0 Å². The average molecular weight is 519 g/mol. The molecule has 0 fully saturated rings. The van der Waals surface area contributed by atoms with E-state index in [1.807, 2.05) is 0 Å². The molecule has 0 aromatic heterocycles. The number of ether oxygens (including phenoxy) is 6. The fourth-order valence-corrected chi connectivity index (χ4v) is 3.73. The molecule has 0 bridgehead atoms. The zero-order chi connectivity index (χ0) is 26.5. The molecule has 0 amide bonds. The first kappa shape index (κ1) is 35.3. The van der Waals surface area contributed by atoms with Gasteiger partial charge in [0.15, 0.2) is 0 Å². The second-order valence-electron chi connectivity index (χ2n) is 10.0. The number of carbonyl (C=O) groups excluding carboxylic acids is 1. The van der Waals surface area contributed by atoms with Crippen molar-refractivity contribution in [3.05, 3.63) is 0 Å². The van der Waals surface area contributed by atoms with Crippen molar-refractivity contribution in [3.63, 3.8) is 0 Å². The molecule has 216 valence electrons. The summed E-state index contributed by atoms with van der Waals surface area (Å²) in [5, 5.41) is 0. The van der Waals surface area contributed by atoms with Crippen LogP contribution in [0.1, 0.15) is 105 Å². The SMILES string of the molecule is CC(=O)OCCOCCOCCOCCOCC(C)OCCCCCCCCCCCCCC(C)C. The van der Waals surface area contributed by atoms with E-state index in [1.165, 1.54) is 77.6 Å². The van der Waals surface area contributed by atoms with E-state index < -0.39 is 0 Å². The Kier molecular flexibility index (Phi) is 28.3. The van der Waals surface area contributed by atoms with Crippen LogP contribution in [0.2, 0.25) is 0 Å². The first-order chi connectivity index (χ1) is 17.5. The highest BCUT2D eigenvalue weighted by Gasteiger charge is 2.02. The molecule has 7 heteroatoms. The molecule has 0 aromatic rings. The third kappa shape index (κ3) is 31.3. The zero-order valence-electron chi connectivity index (χ0n) is 24.1. The normalized spacial score (nSPS) is 12.4. The Labute approximate surface area is 222 Å². The Morgan fingerprint density at radius 2 is 0.944 bits per heavy atom. The molecule has 0 spiro atoms. The number of rotatable bonds is 29. The maximum Gasteiger partial charge on any atom is 0.302 e. The summed E-state index contributed by atoms with van der Waals surface area (Å²) in [6.45, 7) is 13.3. The van der Waals surface area contributed by atoms with Gasteiger partial charge in [-0.2, -0.15) is 0 Å². The van der Waals surface area contributed by atoms with E-state index in [-0.39, 0.29) is 18.7 Å². The minimum atomic E-state index is -0.294. The number of carbonyl (C=O) groups is 1. The van der Waals surface area contributed by atoms with Crippen LogP contribution in [0.5, 0.6) is 0 Å². The van der Waals surface area contributed by atoms with Crippen LogP contribution in [0.15, 0.2) is 0 Å². The van der Waals surface area contributed by atoms with Gasteiger partial charge in [0.05, 0.1) is 59.0 Å². The first-order valence-corrected chi connectivity index (χ1v) is 14.6. The van der Waals surface area contributed by atoms with Gasteiger partial charge in [-0.3, -0.25) is 4.79 Å². The van der Waals surface area contributed by atoms with E-state index in [0.29, 0.717) is 52.9 Å². The van der Waals surface area contributed by atoms with Crippen molar-refractivity contribution in [1.29, 1.82) is 0 Å². The Hall–Kier alpha value is -0.730. The summed E-state index contributed by atoms with van der Waals surface area (Å²) in [6.07, 6.45) is 16.5. The zero-order valence-corrected chi connectivity index (χ0v) is 24.1. The quantitative estimate of drug-likeness (QED) is 0.0843. The van der Waals surface area contributed by atoms with Crippen LogP contribution in [0, 0.1) is 5.92 Å². The molecule has 0 heterocycles. The van der Waals surface area contributed by atoms with Crippen molar-refractivity contribution in [1.82, 2.24) is 0 Å². The van der Waals surface area contributed by atoms with Crippen LogP contribution >= 0.6 is 0 Å². The molecule has 1 atom stereocenters. The van der Waals surface area contributed by atoms with Gasteiger partial charge in [-0.05, 0) is 19.3 Å². The van der Waals surface area contributed by atoms with Crippen LogP contribution in [-0.2, 0) is 33.2 Å². The molecule has 0 rings (SSSR count). The van der Waals surface area contributed by atoms with Gasteiger partial charge in [0, 0.05) is 13.5 Å². The molecule has 0 aromatic carbocycles. The third-order valence-electron chi connectivity index (χ3n) is 5.83. The molecular weight excluding hydrogens is 460 g/mol. The summed E-state index contributed by atoms with van der Waals surface area (Å²) < 4.78 is 32.4. The maximum atomic E-state index is 10.6. The highest BCUT2D eigenvalue weighted by atomic mass is 16.6. The van der Waals surface area contributed by atoms with Crippen molar-refractivity contribution in [3.8, 4) is 0 Å². The van der Waals surface area contributed by atoms with E-state index >= 15 is 0 Å². The Bertz CT molecular complexity index is 445. The monoisotopic (exact) mass is 518 g/mol. The molecule has 0 radical (unpaired) electrons. The topological polar surface area (TPSA) is 72.5 Å². The Morgan fingerprint density at radius 3 is 1.42 bits per heavy atom. The van der Waals surface area contributed by atoms with Crippen molar-refractivity contribution in [2.24, 2.45) is 5.92 Å². The number of unbranched alkanes of at least 4 members (excludes halogenated alkanes) is 10. The summed E-state index contributed by atoms with van der Waals surface area (Å²) in [6, 6.07) is 0. The van der Waals surface area contributed by atoms with Gasteiger partial charge in [0.2, 0.25) is 0 Å². The van der Waals surface area contributed by atoms with E-state index in [2.05, 4.69) is 20.8 Å². The van der Waals surface area contributed by atoms with Gasteiger partial charge < -0.3 is 28.4 Å². The van der Waals surface area contributed by atoms with Crippen molar-refractivity contribution < 1.29 is 33.2 Å². The first-order valence-electron chi connectivity index (χ1n) is 14.6. The largest absolute Gasteiger partial charge is 0.463 e. The van der Waals surface area contributed by atoms with Crippen LogP contribution in [0.25, 0.3) is 0 Å². The lowest BCUT2D eigenvalue weighted by molar-refractivity contribution is -0.142. The average Bonchev–Trinajstić information content (AvgIpc) is 2.84. The predicted octanol–water partition coefficient (Wildman–Crippen LogP) is 6.36. The minimum absolute atomic E-state index is 0.120. The van der Waals surface area contributed by atoms with E-state index in [4.69, 9.17) is 28.4 Å². The lowest BCUT2D eigenvalue weighted by Crippen LogP contribution is -2.19. The highest BCUT2D eigenvalue weighted by Crippen LogP contribution is 2.13. The second kappa shape index (κ2) is 28.8. The van der Waals surface area contributed by atoms with Crippen LogP contribution in [0.4, 0.5) is 0 Å². The van der Waals surface area contributed by atoms with Crippen molar-refractivity contribution in [2.45, 2.75) is 111 Å². The third-order valence-corrected chi connectivity index (χ3v) is 5.83. The molecule has 7 nitrogen and oxygen atoms in total. The number of esters is 1. The fraction of sp³-hybridized carbons (Fsp3) is 0.966. The van der Waals surface area contributed by atoms with Gasteiger partial charge in [-0.1, -0.05) is 84.5 Å². The molecule has 1 unspecified atom stereocenters.